The fourth-order valence-electron chi connectivity index (χ4n) is 3.67. The van der Waals surface area contributed by atoms with Crippen LogP contribution in [0.25, 0.3) is 0 Å². The highest BCUT2D eigenvalue weighted by Gasteiger charge is 2.18. The number of oxazole rings is 1. The second-order valence-corrected chi connectivity index (χ2v) is 8.97. The maximum atomic E-state index is 12.4. The average Bonchev–Trinajstić information content (AvgIpc) is 3.27. The number of carbonyl (C=O) groups excluding carboxylic acids is 1. The lowest BCUT2D eigenvalue weighted by Crippen LogP contribution is -2.41. The lowest BCUT2D eigenvalue weighted by atomic mass is 10.0. The van der Waals surface area contributed by atoms with Gasteiger partial charge < -0.3 is 14.5 Å². The Morgan fingerprint density at radius 3 is 2.53 bits per heavy atom. The molecule has 1 saturated heterocycles. The largest absolute Gasteiger partial charge is 0.447 e. The Balaban J connectivity index is 1.65. The van der Waals surface area contributed by atoms with Crippen molar-refractivity contribution < 1.29 is 13.9 Å². The predicted molar refractivity (Wildman–Crippen MR) is 126 cm³/mol. The van der Waals surface area contributed by atoms with Crippen LogP contribution in [0.3, 0.4) is 0 Å². The molecule has 176 valence electrons. The van der Waals surface area contributed by atoms with E-state index in [1.807, 2.05) is 13.8 Å². The number of benzene rings is 1. The Labute approximate surface area is 192 Å². The molecule has 1 aromatic carbocycles. The number of hydrogen-bond donors (Lipinski definition) is 1. The van der Waals surface area contributed by atoms with Crippen LogP contribution in [0.2, 0.25) is 0 Å². The Bertz CT molecular complexity index is 828. The highest BCUT2D eigenvalue weighted by Crippen LogP contribution is 2.17. The molecule has 1 aromatic heterocycles. The molecule has 1 aliphatic rings. The van der Waals surface area contributed by atoms with E-state index in [1.54, 1.807) is 0 Å². The van der Waals surface area contributed by atoms with E-state index in [9.17, 15) is 4.79 Å². The molecule has 0 radical (unpaired) electrons. The molecule has 2 aromatic rings. The molecular weight excluding hydrogens is 404 g/mol. The Morgan fingerprint density at radius 2 is 1.88 bits per heavy atom. The van der Waals surface area contributed by atoms with Crippen LogP contribution in [0.15, 0.2) is 34.9 Å². The molecule has 7 heteroatoms. The Morgan fingerprint density at radius 1 is 1.16 bits per heavy atom. The Hall–Kier alpha value is -2.22. The SMILES string of the molecule is CCC(C)NC(=O)c1coc(CN(CCN2CCOCC2)Cc2ccc(C(C)C)cc2)n1. The number of aromatic nitrogens is 1. The number of carbonyl (C=O) groups is 1. The first-order chi connectivity index (χ1) is 15.4. The second-order valence-electron chi connectivity index (χ2n) is 8.97. The van der Waals surface area contributed by atoms with Crippen LogP contribution < -0.4 is 5.32 Å². The summed E-state index contributed by atoms with van der Waals surface area (Å²) in [6, 6.07) is 8.95. The summed E-state index contributed by atoms with van der Waals surface area (Å²) in [5.74, 6) is 0.910. The molecule has 1 unspecified atom stereocenters. The van der Waals surface area contributed by atoms with Gasteiger partial charge in [-0.15, -0.1) is 0 Å². The van der Waals surface area contributed by atoms with Gasteiger partial charge in [-0.2, -0.15) is 0 Å². The zero-order chi connectivity index (χ0) is 22.9. The summed E-state index contributed by atoms with van der Waals surface area (Å²) in [5, 5.41) is 2.94. The third kappa shape index (κ3) is 7.43. The number of nitrogens with zero attached hydrogens (tertiary/aromatic N) is 3. The van der Waals surface area contributed by atoms with Crippen molar-refractivity contribution in [1.82, 2.24) is 20.1 Å². The molecule has 0 saturated carbocycles. The third-order valence-corrected chi connectivity index (χ3v) is 6.02. The maximum Gasteiger partial charge on any atom is 0.273 e. The zero-order valence-corrected chi connectivity index (χ0v) is 20.0. The van der Waals surface area contributed by atoms with E-state index in [1.165, 1.54) is 17.4 Å². The van der Waals surface area contributed by atoms with Gasteiger partial charge in [0.25, 0.3) is 5.91 Å². The van der Waals surface area contributed by atoms with Gasteiger partial charge in [0.15, 0.2) is 5.69 Å². The van der Waals surface area contributed by atoms with E-state index >= 15 is 0 Å². The normalized spacial score (nSPS) is 15.9. The fraction of sp³-hybridized carbons (Fsp3) is 0.600. The molecule has 7 nitrogen and oxygen atoms in total. The van der Waals surface area contributed by atoms with Crippen molar-refractivity contribution >= 4 is 5.91 Å². The van der Waals surface area contributed by atoms with Crippen LogP contribution in [0.5, 0.6) is 0 Å². The molecule has 1 amide bonds. The van der Waals surface area contributed by atoms with Gasteiger partial charge in [0.2, 0.25) is 5.89 Å². The van der Waals surface area contributed by atoms with Gasteiger partial charge in [0, 0.05) is 38.8 Å². The number of nitrogens with one attached hydrogen (secondary N) is 1. The maximum absolute atomic E-state index is 12.4. The van der Waals surface area contributed by atoms with Crippen LogP contribution in [-0.4, -0.2) is 66.1 Å². The van der Waals surface area contributed by atoms with Crippen molar-refractivity contribution in [3.63, 3.8) is 0 Å². The van der Waals surface area contributed by atoms with Crippen LogP contribution in [0.1, 0.15) is 67.5 Å². The summed E-state index contributed by atoms with van der Waals surface area (Å²) in [7, 11) is 0. The van der Waals surface area contributed by atoms with Crippen LogP contribution in [0.4, 0.5) is 0 Å². The minimum Gasteiger partial charge on any atom is -0.447 e. The molecule has 1 fully saturated rings. The Kier molecular flexibility index (Phi) is 9.26. The van der Waals surface area contributed by atoms with Gasteiger partial charge in [0.05, 0.1) is 19.8 Å². The second kappa shape index (κ2) is 12.1. The highest BCUT2D eigenvalue weighted by molar-refractivity contribution is 5.92. The summed E-state index contributed by atoms with van der Waals surface area (Å²) in [6.45, 7) is 15.2. The van der Waals surface area contributed by atoms with Crippen molar-refractivity contribution in [3.8, 4) is 0 Å². The molecule has 1 atom stereocenters. The first-order valence-corrected chi connectivity index (χ1v) is 11.8. The zero-order valence-electron chi connectivity index (χ0n) is 20.0. The lowest BCUT2D eigenvalue weighted by molar-refractivity contribution is 0.0320. The predicted octanol–water partition coefficient (Wildman–Crippen LogP) is 3.66. The average molecular weight is 443 g/mol. The van der Waals surface area contributed by atoms with Crippen molar-refractivity contribution in [2.75, 3.05) is 39.4 Å². The molecule has 0 spiro atoms. The first kappa shape index (κ1) is 24.4. The standard InChI is InChI=1S/C25H38N4O3/c1-5-20(4)26-25(30)23-18-32-24(27-23)17-29(11-10-28-12-14-31-15-13-28)16-21-6-8-22(9-7-21)19(2)3/h6-9,18-20H,5,10-17H2,1-4H3,(H,26,30). The van der Waals surface area contributed by atoms with E-state index in [0.717, 1.165) is 52.4 Å². The minimum atomic E-state index is -0.182. The fourth-order valence-corrected chi connectivity index (χ4v) is 3.67. The van der Waals surface area contributed by atoms with E-state index < -0.39 is 0 Å². The van der Waals surface area contributed by atoms with Crippen molar-refractivity contribution in [3.05, 3.63) is 53.2 Å². The monoisotopic (exact) mass is 442 g/mol. The van der Waals surface area contributed by atoms with Crippen LogP contribution >= 0.6 is 0 Å². The van der Waals surface area contributed by atoms with Gasteiger partial charge in [0.1, 0.15) is 6.26 Å². The molecule has 2 heterocycles. The molecule has 0 bridgehead atoms. The van der Waals surface area contributed by atoms with Crippen molar-refractivity contribution in [2.45, 2.75) is 59.2 Å². The van der Waals surface area contributed by atoms with Gasteiger partial charge in [-0.1, -0.05) is 45.0 Å². The van der Waals surface area contributed by atoms with E-state index in [4.69, 9.17) is 9.15 Å². The molecule has 1 aliphatic heterocycles. The molecular formula is C25H38N4O3. The van der Waals surface area contributed by atoms with Gasteiger partial charge in [-0.25, -0.2) is 4.98 Å². The number of amides is 1. The number of morpholine rings is 1. The summed E-state index contributed by atoms with van der Waals surface area (Å²) >= 11 is 0. The molecule has 1 N–H and O–H groups in total. The third-order valence-electron chi connectivity index (χ3n) is 6.02. The summed E-state index contributed by atoms with van der Waals surface area (Å²) in [5.41, 5.74) is 2.95. The van der Waals surface area contributed by atoms with Gasteiger partial charge in [-0.05, 0) is 30.4 Å². The van der Waals surface area contributed by atoms with E-state index in [2.05, 4.69) is 58.2 Å². The van der Waals surface area contributed by atoms with E-state index in [-0.39, 0.29) is 11.9 Å². The van der Waals surface area contributed by atoms with Gasteiger partial charge in [-0.3, -0.25) is 14.6 Å². The molecule has 32 heavy (non-hydrogen) atoms. The first-order valence-electron chi connectivity index (χ1n) is 11.8. The summed E-state index contributed by atoms with van der Waals surface area (Å²) in [4.78, 5) is 21.6. The smallest absolute Gasteiger partial charge is 0.273 e. The number of ether oxygens (including phenoxy) is 1. The quantitative estimate of drug-likeness (QED) is 0.573. The summed E-state index contributed by atoms with van der Waals surface area (Å²) < 4.78 is 11.1. The summed E-state index contributed by atoms with van der Waals surface area (Å²) in [6.07, 6.45) is 2.34. The highest BCUT2D eigenvalue weighted by atomic mass is 16.5. The van der Waals surface area contributed by atoms with Crippen LogP contribution in [0, 0.1) is 0 Å². The molecule has 0 aliphatic carbocycles. The molecule has 3 rings (SSSR count). The minimum absolute atomic E-state index is 0.112. The number of rotatable bonds is 11. The van der Waals surface area contributed by atoms with E-state index in [0.29, 0.717) is 24.0 Å². The lowest BCUT2D eigenvalue weighted by Gasteiger charge is -2.29. The van der Waals surface area contributed by atoms with Crippen LogP contribution in [-0.2, 0) is 17.8 Å². The van der Waals surface area contributed by atoms with Crippen molar-refractivity contribution in [1.29, 1.82) is 0 Å². The van der Waals surface area contributed by atoms with Crippen molar-refractivity contribution in [2.24, 2.45) is 0 Å². The topological polar surface area (TPSA) is 70.8 Å². The number of hydrogen-bond acceptors (Lipinski definition) is 6. The van der Waals surface area contributed by atoms with Gasteiger partial charge >= 0.3 is 0 Å².